The van der Waals surface area contributed by atoms with E-state index in [1.807, 2.05) is 43.3 Å². The number of halogens is 1. The molecular formula is C24H19BrN2O4. The highest BCUT2D eigenvalue weighted by molar-refractivity contribution is 9.10. The zero-order valence-electron chi connectivity index (χ0n) is 16.6. The van der Waals surface area contributed by atoms with E-state index in [0.29, 0.717) is 22.7 Å². The summed E-state index contributed by atoms with van der Waals surface area (Å²) in [6.45, 7) is 1.74. The van der Waals surface area contributed by atoms with Gasteiger partial charge in [-0.05, 0) is 67.1 Å². The van der Waals surface area contributed by atoms with Crippen molar-refractivity contribution >= 4 is 50.1 Å². The summed E-state index contributed by atoms with van der Waals surface area (Å²) < 4.78 is 12.0. The molecule has 7 heteroatoms. The van der Waals surface area contributed by atoms with Crippen molar-refractivity contribution in [2.75, 3.05) is 17.2 Å². The molecule has 4 rings (SSSR count). The molecular weight excluding hydrogens is 460 g/mol. The van der Waals surface area contributed by atoms with Crippen LogP contribution < -0.4 is 15.4 Å². The van der Waals surface area contributed by atoms with Crippen molar-refractivity contribution in [2.45, 2.75) is 6.92 Å². The summed E-state index contributed by atoms with van der Waals surface area (Å²) >= 11 is 3.35. The zero-order chi connectivity index (χ0) is 21.8. The second-order valence-corrected chi connectivity index (χ2v) is 7.84. The Bertz CT molecular complexity index is 1220. The van der Waals surface area contributed by atoms with Crippen LogP contribution in [-0.4, -0.2) is 18.4 Å². The molecule has 156 valence electrons. The molecule has 0 radical (unpaired) electrons. The quantitative estimate of drug-likeness (QED) is 0.368. The largest absolute Gasteiger partial charge is 0.484 e. The normalized spacial score (nSPS) is 10.6. The molecule has 0 bridgehead atoms. The number of aryl methyl sites for hydroxylation is 1. The molecule has 0 saturated heterocycles. The molecule has 6 nitrogen and oxygen atoms in total. The van der Waals surface area contributed by atoms with Crippen LogP contribution in [0.15, 0.2) is 81.7 Å². The Kier molecular flexibility index (Phi) is 6.04. The maximum absolute atomic E-state index is 12.5. The average Bonchev–Trinajstić information content (AvgIpc) is 3.20. The number of hydrogen-bond acceptors (Lipinski definition) is 4. The third-order valence-electron chi connectivity index (χ3n) is 4.59. The monoisotopic (exact) mass is 478 g/mol. The number of furan rings is 1. The molecule has 0 atom stereocenters. The number of para-hydroxylation sites is 1. The predicted octanol–water partition coefficient (Wildman–Crippen LogP) is 5.77. The predicted molar refractivity (Wildman–Crippen MR) is 124 cm³/mol. The van der Waals surface area contributed by atoms with Gasteiger partial charge >= 0.3 is 0 Å². The highest BCUT2D eigenvalue weighted by Gasteiger charge is 2.14. The van der Waals surface area contributed by atoms with Crippen molar-refractivity contribution in [3.8, 4) is 5.75 Å². The van der Waals surface area contributed by atoms with Crippen LogP contribution in [0, 0.1) is 6.92 Å². The van der Waals surface area contributed by atoms with E-state index in [2.05, 4.69) is 26.6 Å². The van der Waals surface area contributed by atoms with E-state index in [1.54, 1.807) is 36.4 Å². The van der Waals surface area contributed by atoms with E-state index in [9.17, 15) is 9.59 Å². The first kappa shape index (κ1) is 20.7. The maximum atomic E-state index is 12.5. The van der Waals surface area contributed by atoms with Crippen LogP contribution in [0.3, 0.4) is 0 Å². The number of carbonyl (C=O) groups excluding carboxylic acids is 2. The lowest BCUT2D eigenvalue weighted by Crippen LogP contribution is -2.20. The first-order valence-corrected chi connectivity index (χ1v) is 10.4. The molecule has 0 spiro atoms. The Balaban J connectivity index is 1.36. The third kappa shape index (κ3) is 5.13. The van der Waals surface area contributed by atoms with Crippen molar-refractivity contribution < 1.29 is 18.7 Å². The van der Waals surface area contributed by atoms with Gasteiger partial charge in [-0.15, -0.1) is 0 Å². The number of hydrogen-bond donors (Lipinski definition) is 2. The third-order valence-corrected chi connectivity index (χ3v) is 5.12. The fraction of sp³-hybridized carbons (Fsp3) is 0.0833. The molecule has 31 heavy (non-hydrogen) atoms. The van der Waals surface area contributed by atoms with Gasteiger partial charge in [-0.3, -0.25) is 9.59 Å². The number of benzene rings is 3. The van der Waals surface area contributed by atoms with Crippen LogP contribution in [-0.2, 0) is 4.79 Å². The summed E-state index contributed by atoms with van der Waals surface area (Å²) in [6, 6.07) is 21.6. The van der Waals surface area contributed by atoms with Crippen molar-refractivity contribution in [2.24, 2.45) is 0 Å². The van der Waals surface area contributed by atoms with Gasteiger partial charge in [0.2, 0.25) is 0 Å². The number of fused-ring (bicyclic) bond motifs is 1. The number of anilines is 2. The zero-order valence-corrected chi connectivity index (χ0v) is 18.2. The van der Waals surface area contributed by atoms with Gasteiger partial charge in [0.05, 0.1) is 0 Å². The highest BCUT2D eigenvalue weighted by atomic mass is 79.9. The van der Waals surface area contributed by atoms with Gasteiger partial charge in [0.15, 0.2) is 12.4 Å². The van der Waals surface area contributed by atoms with Gasteiger partial charge in [-0.25, -0.2) is 0 Å². The Labute approximate surface area is 187 Å². The van der Waals surface area contributed by atoms with Crippen LogP contribution in [0.4, 0.5) is 11.4 Å². The molecule has 1 heterocycles. The Hall–Kier alpha value is -3.58. The Morgan fingerprint density at radius 2 is 1.74 bits per heavy atom. The van der Waals surface area contributed by atoms with E-state index in [4.69, 9.17) is 9.15 Å². The van der Waals surface area contributed by atoms with Gasteiger partial charge in [0, 0.05) is 21.2 Å². The van der Waals surface area contributed by atoms with Crippen LogP contribution in [0.5, 0.6) is 5.75 Å². The number of rotatable bonds is 6. The summed E-state index contributed by atoms with van der Waals surface area (Å²) in [4.78, 5) is 24.7. The fourth-order valence-corrected chi connectivity index (χ4v) is 3.30. The molecule has 3 aromatic carbocycles. The van der Waals surface area contributed by atoms with Gasteiger partial charge < -0.3 is 19.8 Å². The minimum Gasteiger partial charge on any atom is -0.484 e. The smallest absolute Gasteiger partial charge is 0.291 e. The van der Waals surface area contributed by atoms with Crippen LogP contribution in [0.2, 0.25) is 0 Å². The molecule has 2 N–H and O–H groups in total. The number of amides is 2. The van der Waals surface area contributed by atoms with Crippen LogP contribution in [0.1, 0.15) is 16.1 Å². The first-order chi connectivity index (χ1) is 15.0. The van der Waals surface area contributed by atoms with E-state index in [1.165, 1.54) is 0 Å². The van der Waals surface area contributed by atoms with E-state index in [0.717, 1.165) is 15.4 Å². The van der Waals surface area contributed by atoms with Crippen molar-refractivity contribution in [3.63, 3.8) is 0 Å². The number of nitrogens with one attached hydrogen (secondary N) is 2. The minimum atomic E-state index is -0.334. The second-order valence-electron chi connectivity index (χ2n) is 6.92. The van der Waals surface area contributed by atoms with E-state index >= 15 is 0 Å². The minimum absolute atomic E-state index is 0.106. The first-order valence-electron chi connectivity index (χ1n) is 9.57. The molecule has 0 aliphatic rings. The summed E-state index contributed by atoms with van der Waals surface area (Å²) in [7, 11) is 0. The Morgan fingerprint density at radius 3 is 2.48 bits per heavy atom. The lowest BCUT2D eigenvalue weighted by Gasteiger charge is -2.11. The molecule has 1 aromatic heterocycles. The molecule has 4 aromatic rings. The molecule has 0 fully saturated rings. The van der Waals surface area contributed by atoms with Crippen LogP contribution >= 0.6 is 15.9 Å². The molecule has 0 aliphatic heterocycles. The van der Waals surface area contributed by atoms with E-state index in [-0.39, 0.29) is 24.2 Å². The molecule has 2 amide bonds. The van der Waals surface area contributed by atoms with Gasteiger partial charge in [0.25, 0.3) is 11.8 Å². The van der Waals surface area contributed by atoms with Gasteiger partial charge in [-0.1, -0.05) is 34.1 Å². The lowest BCUT2D eigenvalue weighted by molar-refractivity contribution is -0.118. The molecule has 0 saturated carbocycles. The standard InChI is InChI=1S/C24H19BrN2O4/c1-15-12-18(26-23(28)14-30-19-9-6-17(25)7-10-19)8-11-20(15)27-24(29)22-13-16-4-2-3-5-21(16)31-22/h2-13H,14H2,1H3,(H,26,28)(H,27,29). The van der Waals surface area contributed by atoms with Crippen molar-refractivity contribution in [3.05, 3.63) is 88.6 Å². The van der Waals surface area contributed by atoms with Gasteiger partial charge in [-0.2, -0.15) is 0 Å². The summed E-state index contributed by atoms with van der Waals surface area (Å²) in [6.07, 6.45) is 0. The van der Waals surface area contributed by atoms with E-state index < -0.39 is 0 Å². The molecule has 0 unspecified atom stereocenters. The summed E-state index contributed by atoms with van der Waals surface area (Å²) in [5.41, 5.74) is 2.71. The number of ether oxygens (including phenoxy) is 1. The fourth-order valence-electron chi connectivity index (χ4n) is 3.04. The van der Waals surface area contributed by atoms with Crippen molar-refractivity contribution in [1.29, 1.82) is 0 Å². The van der Waals surface area contributed by atoms with Crippen LogP contribution in [0.25, 0.3) is 11.0 Å². The second kappa shape index (κ2) is 9.06. The highest BCUT2D eigenvalue weighted by Crippen LogP contribution is 2.23. The number of carbonyl (C=O) groups is 2. The average molecular weight is 479 g/mol. The maximum Gasteiger partial charge on any atom is 0.291 e. The summed E-state index contributed by atoms with van der Waals surface area (Å²) in [5.74, 6) is 0.238. The summed E-state index contributed by atoms with van der Waals surface area (Å²) in [5, 5.41) is 6.50. The topological polar surface area (TPSA) is 80.6 Å². The lowest BCUT2D eigenvalue weighted by atomic mass is 10.1. The molecule has 0 aliphatic carbocycles. The Morgan fingerprint density at radius 1 is 0.968 bits per heavy atom. The van der Waals surface area contributed by atoms with Crippen molar-refractivity contribution in [1.82, 2.24) is 0 Å². The SMILES string of the molecule is Cc1cc(NC(=O)COc2ccc(Br)cc2)ccc1NC(=O)c1cc2ccccc2o1. The van der Waals surface area contributed by atoms with Gasteiger partial charge in [0.1, 0.15) is 11.3 Å².